The van der Waals surface area contributed by atoms with Crippen LogP contribution in [0.15, 0.2) is 65.7 Å². The molecule has 30 heavy (non-hydrogen) atoms. The average Bonchev–Trinajstić information content (AvgIpc) is 2.70. The van der Waals surface area contributed by atoms with E-state index in [1.807, 2.05) is 0 Å². The van der Waals surface area contributed by atoms with Gasteiger partial charge in [0, 0.05) is 29.1 Å². The maximum absolute atomic E-state index is 12.5. The van der Waals surface area contributed by atoms with E-state index in [2.05, 4.69) is 15.0 Å². The van der Waals surface area contributed by atoms with E-state index in [9.17, 15) is 28.4 Å². The summed E-state index contributed by atoms with van der Waals surface area (Å²) < 4.78 is 27.4. The number of hydrogen-bond donors (Lipinski definition) is 3. The zero-order chi connectivity index (χ0) is 21.9. The molecule has 0 bridgehead atoms. The van der Waals surface area contributed by atoms with Gasteiger partial charge >= 0.3 is 0 Å². The van der Waals surface area contributed by atoms with Crippen LogP contribution < -0.4 is 10.0 Å². The van der Waals surface area contributed by atoms with E-state index in [1.165, 1.54) is 61.7 Å². The lowest BCUT2D eigenvalue weighted by atomic mass is 10.2. The molecule has 10 nitrogen and oxygen atoms in total. The predicted octanol–water partition coefficient (Wildman–Crippen LogP) is 3.06. The number of pyridine rings is 1. The number of anilines is 2. The Kier molecular flexibility index (Phi) is 5.65. The number of nitro groups is 1. The van der Waals surface area contributed by atoms with Gasteiger partial charge in [-0.3, -0.25) is 19.6 Å². The standard InChI is InChI=1S/C19H16N4O6S/c1-12-4-9-15(11-16(12)23(26)27)30(28,29)22-14-7-5-13(6-8-14)19(25)21-18-17(24)3-2-10-20-18/h2-11,22,24H,1H3,(H,20,21,25). The summed E-state index contributed by atoms with van der Waals surface area (Å²) in [4.78, 5) is 26.2. The van der Waals surface area contributed by atoms with Crippen molar-refractivity contribution in [1.82, 2.24) is 4.98 Å². The van der Waals surface area contributed by atoms with Gasteiger partial charge in [-0.15, -0.1) is 0 Å². The van der Waals surface area contributed by atoms with Crippen molar-refractivity contribution in [2.75, 3.05) is 10.0 Å². The maximum atomic E-state index is 12.5. The summed E-state index contributed by atoms with van der Waals surface area (Å²) in [7, 11) is -4.07. The van der Waals surface area contributed by atoms with Crippen LogP contribution in [0.4, 0.5) is 17.2 Å². The van der Waals surface area contributed by atoms with E-state index in [0.29, 0.717) is 5.56 Å². The number of nitrogens with one attached hydrogen (secondary N) is 2. The van der Waals surface area contributed by atoms with Gasteiger partial charge in [-0.05, 0) is 49.4 Å². The Bertz CT molecular complexity index is 1230. The van der Waals surface area contributed by atoms with Crippen molar-refractivity contribution < 1.29 is 23.2 Å². The molecule has 0 unspecified atom stereocenters. The Balaban J connectivity index is 1.76. The minimum Gasteiger partial charge on any atom is -0.504 e. The molecule has 0 spiro atoms. The highest BCUT2D eigenvalue weighted by molar-refractivity contribution is 7.92. The van der Waals surface area contributed by atoms with Gasteiger partial charge in [0.25, 0.3) is 21.6 Å². The molecular formula is C19H16N4O6S. The molecule has 1 amide bonds. The summed E-state index contributed by atoms with van der Waals surface area (Å²) in [5.74, 6) is -0.747. The number of aryl methyl sites for hydroxylation is 1. The summed E-state index contributed by atoms with van der Waals surface area (Å²) in [6.07, 6.45) is 1.41. The number of sulfonamides is 1. The Morgan fingerprint density at radius 3 is 2.47 bits per heavy atom. The minimum absolute atomic E-state index is 0.00625. The molecule has 11 heteroatoms. The number of carbonyl (C=O) groups is 1. The Morgan fingerprint density at radius 2 is 1.83 bits per heavy atom. The van der Waals surface area contributed by atoms with Gasteiger partial charge in [-0.1, -0.05) is 6.07 Å². The molecule has 0 saturated heterocycles. The number of carbonyl (C=O) groups excluding carboxylic acids is 1. The van der Waals surface area contributed by atoms with Gasteiger partial charge in [-0.25, -0.2) is 13.4 Å². The number of amides is 1. The second kappa shape index (κ2) is 8.17. The Morgan fingerprint density at radius 1 is 1.13 bits per heavy atom. The van der Waals surface area contributed by atoms with Crippen LogP contribution in [0.25, 0.3) is 0 Å². The number of hydrogen-bond acceptors (Lipinski definition) is 7. The monoisotopic (exact) mass is 428 g/mol. The Hall–Kier alpha value is -3.99. The lowest BCUT2D eigenvalue weighted by Gasteiger charge is -2.10. The number of nitrogens with zero attached hydrogens (tertiary/aromatic N) is 2. The number of aromatic nitrogens is 1. The quantitative estimate of drug-likeness (QED) is 0.403. The second-order valence-corrected chi connectivity index (χ2v) is 7.90. The third-order valence-electron chi connectivity index (χ3n) is 4.11. The zero-order valence-electron chi connectivity index (χ0n) is 15.6. The molecule has 0 saturated carbocycles. The van der Waals surface area contributed by atoms with E-state index in [4.69, 9.17) is 0 Å². The highest BCUT2D eigenvalue weighted by atomic mass is 32.2. The van der Waals surface area contributed by atoms with Crippen LogP contribution in [0.3, 0.4) is 0 Å². The van der Waals surface area contributed by atoms with Gasteiger partial charge in [0.1, 0.15) is 0 Å². The molecule has 0 aliphatic rings. The van der Waals surface area contributed by atoms with Gasteiger partial charge in [0.15, 0.2) is 11.6 Å². The molecule has 3 rings (SSSR count). The van der Waals surface area contributed by atoms with Crippen LogP contribution in [-0.4, -0.2) is 29.3 Å². The first-order valence-electron chi connectivity index (χ1n) is 8.50. The van der Waals surface area contributed by atoms with Crippen molar-refractivity contribution >= 4 is 33.1 Å². The fourth-order valence-electron chi connectivity index (χ4n) is 2.53. The van der Waals surface area contributed by atoms with E-state index in [0.717, 1.165) is 6.07 Å². The van der Waals surface area contributed by atoms with Crippen molar-refractivity contribution in [2.24, 2.45) is 0 Å². The third kappa shape index (κ3) is 4.52. The van der Waals surface area contributed by atoms with Crippen LogP contribution in [0.5, 0.6) is 5.75 Å². The lowest BCUT2D eigenvalue weighted by Crippen LogP contribution is -2.15. The van der Waals surface area contributed by atoms with E-state index in [-0.39, 0.29) is 33.4 Å². The molecule has 2 aromatic carbocycles. The number of aromatic hydroxyl groups is 1. The lowest BCUT2D eigenvalue weighted by molar-refractivity contribution is -0.385. The van der Waals surface area contributed by atoms with E-state index in [1.54, 1.807) is 0 Å². The summed E-state index contributed by atoms with van der Waals surface area (Å²) in [5, 5.41) is 23.1. The molecule has 1 heterocycles. The normalized spacial score (nSPS) is 11.0. The highest BCUT2D eigenvalue weighted by Gasteiger charge is 2.20. The largest absolute Gasteiger partial charge is 0.504 e. The average molecular weight is 428 g/mol. The molecular weight excluding hydrogens is 412 g/mol. The van der Waals surface area contributed by atoms with Gasteiger partial charge in [0.05, 0.1) is 9.82 Å². The topological polar surface area (TPSA) is 152 Å². The van der Waals surface area contributed by atoms with E-state index < -0.39 is 20.9 Å². The fraction of sp³-hybridized carbons (Fsp3) is 0.0526. The molecule has 0 fully saturated rings. The first-order valence-corrected chi connectivity index (χ1v) is 9.99. The van der Waals surface area contributed by atoms with Crippen LogP contribution in [0.1, 0.15) is 15.9 Å². The Labute approximate surface area is 171 Å². The van der Waals surface area contributed by atoms with Crippen LogP contribution in [0.2, 0.25) is 0 Å². The summed E-state index contributed by atoms with van der Waals surface area (Å²) in [6, 6.07) is 12.0. The highest BCUT2D eigenvalue weighted by Crippen LogP contribution is 2.24. The SMILES string of the molecule is Cc1ccc(S(=O)(=O)Nc2ccc(C(=O)Nc3ncccc3O)cc2)cc1[N+](=O)[O-]. The predicted molar refractivity (Wildman–Crippen MR) is 109 cm³/mol. The number of benzene rings is 2. The molecule has 1 aromatic heterocycles. The molecule has 3 aromatic rings. The molecule has 3 N–H and O–H groups in total. The van der Waals surface area contributed by atoms with Crippen molar-refractivity contribution in [3.63, 3.8) is 0 Å². The van der Waals surface area contributed by atoms with Crippen LogP contribution in [-0.2, 0) is 10.0 Å². The zero-order valence-corrected chi connectivity index (χ0v) is 16.4. The summed E-state index contributed by atoms with van der Waals surface area (Å²) in [6.45, 7) is 1.51. The second-order valence-electron chi connectivity index (χ2n) is 6.21. The maximum Gasteiger partial charge on any atom is 0.273 e. The number of rotatable bonds is 6. The molecule has 154 valence electrons. The third-order valence-corrected chi connectivity index (χ3v) is 5.48. The smallest absolute Gasteiger partial charge is 0.273 e. The molecule has 0 aliphatic heterocycles. The van der Waals surface area contributed by atoms with Crippen molar-refractivity contribution in [3.8, 4) is 5.75 Å². The van der Waals surface area contributed by atoms with E-state index >= 15 is 0 Å². The van der Waals surface area contributed by atoms with Gasteiger partial charge in [0.2, 0.25) is 0 Å². The van der Waals surface area contributed by atoms with Gasteiger partial charge in [-0.2, -0.15) is 0 Å². The van der Waals surface area contributed by atoms with Crippen LogP contribution >= 0.6 is 0 Å². The first kappa shape index (κ1) is 20.7. The molecule has 0 radical (unpaired) electrons. The van der Waals surface area contributed by atoms with Crippen molar-refractivity contribution in [2.45, 2.75) is 11.8 Å². The fourth-order valence-corrected chi connectivity index (χ4v) is 3.61. The summed E-state index contributed by atoms with van der Waals surface area (Å²) in [5.41, 5.74) is 0.403. The number of nitro benzene ring substituents is 1. The van der Waals surface area contributed by atoms with Crippen LogP contribution in [0, 0.1) is 17.0 Å². The molecule has 0 aliphatic carbocycles. The minimum atomic E-state index is -4.07. The molecule has 0 atom stereocenters. The van der Waals surface area contributed by atoms with Gasteiger partial charge < -0.3 is 10.4 Å². The van der Waals surface area contributed by atoms with Crippen molar-refractivity contribution in [3.05, 3.63) is 82.0 Å². The first-order chi connectivity index (χ1) is 14.2. The van der Waals surface area contributed by atoms with Crippen molar-refractivity contribution in [1.29, 1.82) is 0 Å². The summed E-state index contributed by atoms with van der Waals surface area (Å²) >= 11 is 0.